The highest BCUT2D eigenvalue weighted by atomic mass is 19.3. The van der Waals surface area contributed by atoms with Crippen molar-refractivity contribution in [3.05, 3.63) is 65.2 Å². The lowest BCUT2D eigenvalue weighted by Gasteiger charge is -2.29. The molecule has 0 atom stereocenters. The van der Waals surface area contributed by atoms with Crippen molar-refractivity contribution in [3.63, 3.8) is 0 Å². The van der Waals surface area contributed by atoms with Gasteiger partial charge in [-0.1, -0.05) is 0 Å². The Morgan fingerprint density at radius 2 is 1.97 bits per heavy atom. The predicted molar refractivity (Wildman–Crippen MR) is 103 cm³/mol. The minimum absolute atomic E-state index is 0.0280. The third-order valence-corrected chi connectivity index (χ3v) is 5.33. The topological polar surface area (TPSA) is 77.6 Å². The first kappa shape index (κ1) is 19.4. The van der Waals surface area contributed by atoms with Crippen molar-refractivity contribution in [2.75, 3.05) is 0 Å². The molecule has 1 aliphatic carbocycles. The molecule has 1 saturated carbocycles. The van der Waals surface area contributed by atoms with Crippen LogP contribution in [0.3, 0.4) is 0 Å². The highest BCUT2D eigenvalue weighted by Gasteiger charge is 2.24. The van der Waals surface area contributed by atoms with Crippen molar-refractivity contribution in [2.24, 2.45) is 0 Å². The Balaban J connectivity index is 1.38. The second kappa shape index (κ2) is 8.60. The Morgan fingerprint density at radius 3 is 2.69 bits per heavy atom. The van der Waals surface area contributed by atoms with E-state index in [0.29, 0.717) is 12.4 Å². The van der Waals surface area contributed by atoms with Gasteiger partial charge in [0.05, 0.1) is 18.3 Å². The summed E-state index contributed by atoms with van der Waals surface area (Å²) in [5.41, 5.74) is 1.47. The average molecular weight is 400 g/mol. The van der Waals surface area contributed by atoms with Crippen molar-refractivity contribution < 1.29 is 8.78 Å². The number of imidazole rings is 1. The highest BCUT2D eigenvalue weighted by molar-refractivity contribution is 5.56. The first-order chi connectivity index (χ1) is 14.1. The zero-order valence-corrected chi connectivity index (χ0v) is 15.8. The second-order valence-corrected chi connectivity index (χ2v) is 7.16. The molecule has 1 fully saturated rings. The molecule has 4 rings (SSSR count). The largest absolute Gasteiger partial charge is 0.319 e. The molecule has 3 heterocycles. The number of aromatic nitrogens is 5. The predicted octanol–water partition coefficient (Wildman–Crippen LogP) is 3.17. The van der Waals surface area contributed by atoms with E-state index in [9.17, 15) is 13.6 Å². The van der Waals surface area contributed by atoms with Gasteiger partial charge in [0.1, 0.15) is 5.82 Å². The molecule has 0 unspecified atom stereocenters. The SMILES string of the molecule is O=c1ccc(-c2cccnc2)nn1C1CCC(NCc2nccn2C(F)F)CC1. The van der Waals surface area contributed by atoms with E-state index in [-0.39, 0.29) is 17.6 Å². The van der Waals surface area contributed by atoms with E-state index in [4.69, 9.17) is 0 Å². The Hall–Kier alpha value is -2.94. The maximum atomic E-state index is 12.9. The molecule has 0 radical (unpaired) electrons. The lowest BCUT2D eigenvalue weighted by atomic mass is 9.91. The van der Waals surface area contributed by atoms with Crippen LogP contribution >= 0.6 is 0 Å². The fourth-order valence-corrected chi connectivity index (χ4v) is 3.77. The molecule has 29 heavy (non-hydrogen) atoms. The van der Waals surface area contributed by atoms with E-state index in [1.807, 2.05) is 12.1 Å². The van der Waals surface area contributed by atoms with Gasteiger partial charge in [-0.15, -0.1) is 0 Å². The third kappa shape index (κ3) is 4.40. The van der Waals surface area contributed by atoms with Gasteiger partial charge < -0.3 is 5.32 Å². The van der Waals surface area contributed by atoms with Crippen LogP contribution in [0.2, 0.25) is 0 Å². The molecule has 3 aromatic rings. The van der Waals surface area contributed by atoms with Crippen molar-refractivity contribution in [3.8, 4) is 11.3 Å². The maximum absolute atomic E-state index is 12.9. The number of hydrogen-bond donors (Lipinski definition) is 1. The molecule has 0 bridgehead atoms. The first-order valence-corrected chi connectivity index (χ1v) is 9.65. The minimum atomic E-state index is -2.59. The van der Waals surface area contributed by atoms with Gasteiger partial charge in [-0.25, -0.2) is 9.67 Å². The second-order valence-electron chi connectivity index (χ2n) is 7.16. The van der Waals surface area contributed by atoms with Crippen molar-refractivity contribution in [1.82, 2.24) is 29.6 Å². The Bertz CT molecular complexity index is 995. The lowest BCUT2D eigenvalue weighted by molar-refractivity contribution is 0.0663. The molecule has 0 spiro atoms. The summed E-state index contributed by atoms with van der Waals surface area (Å²) >= 11 is 0. The molecule has 7 nitrogen and oxygen atoms in total. The Kier molecular flexibility index (Phi) is 5.75. The fourth-order valence-electron chi connectivity index (χ4n) is 3.77. The third-order valence-electron chi connectivity index (χ3n) is 5.33. The smallest absolute Gasteiger partial charge is 0.307 e. The standard InChI is InChI=1S/C20H22F2N6O/c21-20(22)27-11-10-24-18(27)13-25-15-3-5-16(6-4-15)28-19(29)8-7-17(26-28)14-2-1-9-23-12-14/h1-2,7-12,15-16,20,25H,3-6,13H2. The average Bonchev–Trinajstić information content (AvgIpc) is 3.23. The van der Waals surface area contributed by atoms with Crippen molar-refractivity contribution in [1.29, 1.82) is 0 Å². The molecule has 0 aromatic carbocycles. The van der Waals surface area contributed by atoms with Gasteiger partial charge >= 0.3 is 6.55 Å². The molecular formula is C20H22F2N6O. The van der Waals surface area contributed by atoms with Crippen LogP contribution in [0.25, 0.3) is 11.3 Å². The summed E-state index contributed by atoms with van der Waals surface area (Å²) in [5.74, 6) is 0.323. The van der Waals surface area contributed by atoms with Crippen LogP contribution < -0.4 is 10.9 Å². The van der Waals surface area contributed by atoms with Gasteiger partial charge in [-0.3, -0.25) is 14.3 Å². The van der Waals surface area contributed by atoms with Crippen molar-refractivity contribution in [2.45, 2.75) is 50.9 Å². The van der Waals surface area contributed by atoms with Gasteiger partial charge in [-0.2, -0.15) is 13.9 Å². The Morgan fingerprint density at radius 1 is 1.14 bits per heavy atom. The van der Waals surface area contributed by atoms with Gasteiger partial charge in [0.2, 0.25) is 0 Å². The number of halogens is 2. The number of pyridine rings is 1. The van der Waals surface area contributed by atoms with Crippen LogP contribution in [0.5, 0.6) is 0 Å². The van der Waals surface area contributed by atoms with Gasteiger partial charge in [-0.05, 0) is 43.9 Å². The normalized spacial score (nSPS) is 19.6. The van der Waals surface area contributed by atoms with Crippen LogP contribution in [0.4, 0.5) is 8.78 Å². The first-order valence-electron chi connectivity index (χ1n) is 9.65. The maximum Gasteiger partial charge on any atom is 0.319 e. The van der Waals surface area contributed by atoms with E-state index in [2.05, 4.69) is 20.4 Å². The summed E-state index contributed by atoms with van der Waals surface area (Å²) in [7, 11) is 0. The summed E-state index contributed by atoms with van der Waals surface area (Å²) in [6.45, 7) is -2.29. The fraction of sp³-hybridized carbons (Fsp3) is 0.400. The summed E-state index contributed by atoms with van der Waals surface area (Å²) in [5, 5.41) is 7.87. The van der Waals surface area contributed by atoms with Crippen LogP contribution in [0, 0.1) is 0 Å². The van der Waals surface area contributed by atoms with E-state index in [1.165, 1.54) is 12.4 Å². The van der Waals surface area contributed by atoms with Crippen LogP contribution in [-0.4, -0.2) is 30.4 Å². The highest BCUT2D eigenvalue weighted by Crippen LogP contribution is 2.28. The van der Waals surface area contributed by atoms with Crippen LogP contribution in [0.15, 0.2) is 53.8 Å². The van der Waals surface area contributed by atoms with Gasteiger partial charge in [0, 0.05) is 42.5 Å². The van der Waals surface area contributed by atoms with E-state index < -0.39 is 6.55 Å². The van der Waals surface area contributed by atoms with Crippen LogP contribution in [-0.2, 0) is 6.54 Å². The quantitative estimate of drug-likeness (QED) is 0.688. The monoisotopic (exact) mass is 400 g/mol. The zero-order chi connectivity index (χ0) is 20.2. The molecule has 1 N–H and O–H groups in total. The molecule has 9 heteroatoms. The van der Waals surface area contributed by atoms with Gasteiger partial charge in [0.15, 0.2) is 0 Å². The number of nitrogens with one attached hydrogen (secondary N) is 1. The molecule has 0 aliphatic heterocycles. The minimum Gasteiger partial charge on any atom is -0.307 e. The number of nitrogens with zero attached hydrogens (tertiary/aromatic N) is 5. The summed E-state index contributed by atoms with van der Waals surface area (Å²) < 4.78 is 28.3. The van der Waals surface area contributed by atoms with Crippen molar-refractivity contribution >= 4 is 0 Å². The number of alkyl halides is 2. The number of hydrogen-bond acceptors (Lipinski definition) is 5. The summed E-state index contributed by atoms with van der Waals surface area (Å²) in [6, 6.07) is 7.24. The molecular weight excluding hydrogens is 378 g/mol. The summed E-state index contributed by atoms with van der Waals surface area (Å²) in [4.78, 5) is 20.5. The van der Waals surface area contributed by atoms with E-state index >= 15 is 0 Å². The van der Waals surface area contributed by atoms with E-state index in [0.717, 1.165) is 41.5 Å². The molecule has 0 amide bonds. The molecule has 0 saturated heterocycles. The lowest BCUT2D eigenvalue weighted by Crippen LogP contribution is -2.36. The zero-order valence-electron chi connectivity index (χ0n) is 15.8. The Labute approximate surface area is 166 Å². The molecule has 152 valence electrons. The molecule has 3 aromatic heterocycles. The molecule has 1 aliphatic rings. The van der Waals surface area contributed by atoms with Gasteiger partial charge in [0.25, 0.3) is 5.56 Å². The van der Waals surface area contributed by atoms with E-state index in [1.54, 1.807) is 29.2 Å². The number of rotatable bonds is 6. The summed E-state index contributed by atoms with van der Waals surface area (Å²) in [6.07, 6.45) is 9.35. The van der Waals surface area contributed by atoms with Crippen LogP contribution in [0.1, 0.15) is 44.1 Å².